The van der Waals surface area contributed by atoms with Crippen molar-refractivity contribution in [2.75, 3.05) is 5.75 Å². The minimum absolute atomic E-state index is 0.0202. The third kappa shape index (κ3) is 3.66. The van der Waals surface area contributed by atoms with E-state index in [4.69, 9.17) is 0 Å². The molecule has 1 N–H and O–H groups in total. The summed E-state index contributed by atoms with van der Waals surface area (Å²) in [6, 6.07) is 19.9. The summed E-state index contributed by atoms with van der Waals surface area (Å²) in [4.78, 5) is 33.0. The second kappa shape index (κ2) is 8.08. The van der Waals surface area contributed by atoms with E-state index in [-0.39, 0.29) is 24.1 Å². The van der Waals surface area contributed by atoms with Gasteiger partial charge in [0.1, 0.15) is 11.4 Å². The topological polar surface area (TPSA) is 64.0 Å². The summed E-state index contributed by atoms with van der Waals surface area (Å²) in [6.45, 7) is -0.0376. The number of thiophene rings is 1. The molecule has 2 aromatic carbocycles. The van der Waals surface area contributed by atoms with Crippen molar-refractivity contribution in [3.05, 3.63) is 82.9 Å². The van der Waals surface area contributed by atoms with Crippen molar-refractivity contribution in [2.24, 2.45) is 0 Å². The van der Waals surface area contributed by atoms with Crippen LogP contribution < -0.4 is 10.9 Å². The fourth-order valence-corrected chi connectivity index (χ4v) is 5.82. The van der Waals surface area contributed by atoms with Crippen molar-refractivity contribution in [1.82, 2.24) is 14.9 Å². The zero-order valence-corrected chi connectivity index (χ0v) is 17.7. The van der Waals surface area contributed by atoms with Crippen LogP contribution in [0.5, 0.6) is 0 Å². The number of amides is 1. The summed E-state index contributed by atoms with van der Waals surface area (Å²) >= 11 is 3.30. The number of carbonyl (C=O) groups excluding carboxylic acids is 1. The van der Waals surface area contributed by atoms with Gasteiger partial charge < -0.3 is 5.32 Å². The summed E-state index contributed by atoms with van der Waals surface area (Å²) in [7, 11) is 0. The lowest BCUT2D eigenvalue weighted by Crippen LogP contribution is -2.35. The average molecular weight is 434 g/mol. The van der Waals surface area contributed by atoms with E-state index in [0.29, 0.717) is 10.2 Å². The van der Waals surface area contributed by atoms with E-state index in [1.807, 2.05) is 60.3 Å². The first kappa shape index (κ1) is 19.1. The number of aromatic nitrogens is 2. The van der Waals surface area contributed by atoms with Gasteiger partial charge in [-0.1, -0.05) is 48.5 Å². The molecule has 4 aromatic rings. The molecule has 0 saturated carbocycles. The molecular formula is C23H19N3O2S2. The average Bonchev–Trinajstić information content (AvgIpc) is 3.22. The predicted molar refractivity (Wildman–Crippen MR) is 122 cm³/mol. The standard InChI is InChI=1S/C23H19N3O2S2/c27-21(25-18-10-11-29-19-9-5-4-8-16(18)19)13-26-14-24-22-17(23(26)28)12-20(30-22)15-6-2-1-3-7-15/h1-9,12,14,18H,10-11,13H2,(H,25,27). The van der Waals surface area contributed by atoms with Crippen LogP contribution in [0.25, 0.3) is 20.7 Å². The van der Waals surface area contributed by atoms with Crippen molar-refractivity contribution in [2.45, 2.75) is 23.9 Å². The van der Waals surface area contributed by atoms with Crippen LogP contribution >= 0.6 is 23.1 Å². The molecule has 0 radical (unpaired) electrons. The number of hydrogen-bond acceptors (Lipinski definition) is 5. The maximum Gasteiger partial charge on any atom is 0.262 e. The first-order valence-electron chi connectivity index (χ1n) is 9.74. The molecule has 0 fully saturated rings. The number of thioether (sulfide) groups is 1. The Kier molecular flexibility index (Phi) is 5.14. The smallest absolute Gasteiger partial charge is 0.262 e. The molecule has 1 aliphatic rings. The summed E-state index contributed by atoms with van der Waals surface area (Å²) in [5.74, 6) is 0.788. The lowest BCUT2D eigenvalue weighted by atomic mass is 10.0. The van der Waals surface area contributed by atoms with Crippen molar-refractivity contribution >= 4 is 39.2 Å². The number of carbonyl (C=O) groups is 1. The van der Waals surface area contributed by atoms with Gasteiger partial charge in [0.25, 0.3) is 5.56 Å². The predicted octanol–water partition coefficient (Wildman–Crippen LogP) is 4.48. The molecule has 5 nitrogen and oxygen atoms in total. The van der Waals surface area contributed by atoms with E-state index >= 15 is 0 Å². The van der Waals surface area contributed by atoms with E-state index in [0.717, 1.165) is 28.2 Å². The van der Waals surface area contributed by atoms with Crippen LogP contribution in [0.4, 0.5) is 0 Å². The van der Waals surface area contributed by atoms with Crippen LogP contribution in [0.3, 0.4) is 0 Å². The Labute approximate surface area is 181 Å². The molecule has 0 saturated heterocycles. The molecule has 0 spiro atoms. The maximum absolute atomic E-state index is 12.9. The molecule has 2 aromatic heterocycles. The lowest BCUT2D eigenvalue weighted by Gasteiger charge is -2.26. The molecule has 3 heterocycles. The summed E-state index contributed by atoms with van der Waals surface area (Å²) in [6.07, 6.45) is 2.35. The van der Waals surface area contributed by atoms with E-state index in [2.05, 4.69) is 22.4 Å². The highest BCUT2D eigenvalue weighted by Gasteiger charge is 2.22. The maximum atomic E-state index is 12.9. The van der Waals surface area contributed by atoms with Crippen LogP contribution in [-0.2, 0) is 11.3 Å². The normalized spacial score (nSPS) is 15.7. The number of nitrogens with zero attached hydrogens (tertiary/aromatic N) is 2. The first-order valence-corrected chi connectivity index (χ1v) is 11.5. The minimum Gasteiger partial charge on any atom is -0.348 e. The lowest BCUT2D eigenvalue weighted by molar-refractivity contribution is -0.122. The van der Waals surface area contributed by atoms with Crippen LogP contribution in [0.1, 0.15) is 18.0 Å². The Morgan fingerprint density at radius 2 is 1.93 bits per heavy atom. The second-order valence-corrected chi connectivity index (χ2v) is 9.34. The molecular weight excluding hydrogens is 414 g/mol. The van der Waals surface area contributed by atoms with Gasteiger partial charge >= 0.3 is 0 Å². The van der Waals surface area contributed by atoms with Crippen LogP contribution in [0.2, 0.25) is 0 Å². The van der Waals surface area contributed by atoms with Crippen LogP contribution in [0.15, 0.2) is 76.7 Å². The Balaban J connectivity index is 1.37. The minimum atomic E-state index is -0.187. The van der Waals surface area contributed by atoms with Gasteiger partial charge in [0.15, 0.2) is 0 Å². The number of rotatable bonds is 4. The molecule has 7 heteroatoms. The highest BCUT2D eigenvalue weighted by molar-refractivity contribution is 7.99. The van der Waals surface area contributed by atoms with Crippen molar-refractivity contribution in [3.8, 4) is 10.4 Å². The zero-order valence-electron chi connectivity index (χ0n) is 16.1. The summed E-state index contributed by atoms with van der Waals surface area (Å²) in [5.41, 5.74) is 2.01. The number of hydrogen-bond donors (Lipinski definition) is 1. The number of benzene rings is 2. The van der Waals surface area contributed by atoms with E-state index in [9.17, 15) is 9.59 Å². The molecule has 0 bridgehead atoms. The Morgan fingerprint density at radius 1 is 1.13 bits per heavy atom. The van der Waals surface area contributed by atoms with Crippen LogP contribution in [0, 0.1) is 0 Å². The van der Waals surface area contributed by atoms with Gasteiger partial charge in [-0.3, -0.25) is 14.2 Å². The van der Waals surface area contributed by atoms with E-state index < -0.39 is 0 Å². The van der Waals surface area contributed by atoms with Gasteiger partial charge in [-0.05, 0) is 29.7 Å². The third-order valence-corrected chi connectivity index (χ3v) is 7.40. The first-order chi connectivity index (χ1) is 14.7. The van der Waals surface area contributed by atoms with Gasteiger partial charge in [-0.2, -0.15) is 0 Å². The van der Waals surface area contributed by atoms with Gasteiger partial charge in [-0.25, -0.2) is 4.98 Å². The molecule has 30 heavy (non-hydrogen) atoms. The Hall–Kier alpha value is -2.90. The quantitative estimate of drug-likeness (QED) is 0.515. The molecule has 1 amide bonds. The van der Waals surface area contributed by atoms with Crippen molar-refractivity contribution in [3.63, 3.8) is 0 Å². The fourth-order valence-electron chi connectivity index (χ4n) is 3.70. The molecule has 5 rings (SSSR count). The van der Waals surface area contributed by atoms with Gasteiger partial charge in [0, 0.05) is 15.5 Å². The molecule has 0 aliphatic carbocycles. The molecule has 150 valence electrons. The van der Waals surface area contributed by atoms with Gasteiger partial charge in [0.05, 0.1) is 17.8 Å². The van der Waals surface area contributed by atoms with Crippen molar-refractivity contribution < 1.29 is 4.79 Å². The number of fused-ring (bicyclic) bond motifs is 2. The zero-order chi connectivity index (χ0) is 20.5. The van der Waals surface area contributed by atoms with Crippen molar-refractivity contribution in [1.29, 1.82) is 0 Å². The fraction of sp³-hybridized carbons (Fsp3) is 0.174. The molecule has 1 aliphatic heterocycles. The van der Waals surface area contributed by atoms with E-state index in [1.165, 1.54) is 27.1 Å². The highest BCUT2D eigenvalue weighted by atomic mass is 32.2. The largest absolute Gasteiger partial charge is 0.348 e. The molecule has 1 unspecified atom stereocenters. The third-order valence-electron chi connectivity index (χ3n) is 5.18. The molecule has 1 atom stereocenters. The number of nitrogens with one attached hydrogen (secondary N) is 1. The monoisotopic (exact) mass is 433 g/mol. The van der Waals surface area contributed by atoms with Gasteiger partial charge in [0.2, 0.25) is 5.91 Å². The summed E-state index contributed by atoms with van der Waals surface area (Å²) in [5, 5.41) is 3.64. The van der Waals surface area contributed by atoms with Crippen LogP contribution in [-0.4, -0.2) is 21.2 Å². The second-order valence-electron chi connectivity index (χ2n) is 7.17. The Bertz CT molecular complexity index is 1280. The summed E-state index contributed by atoms with van der Waals surface area (Å²) < 4.78 is 1.39. The van der Waals surface area contributed by atoms with Gasteiger partial charge in [-0.15, -0.1) is 23.1 Å². The van der Waals surface area contributed by atoms with E-state index in [1.54, 1.807) is 0 Å². The highest BCUT2D eigenvalue weighted by Crippen LogP contribution is 2.35. The Morgan fingerprint density at radius 3 is 2.80 bits per heavy atom. The SMILES string of the molecule is O=C(Cn1cnc2sc(-c3ccccc3)cc2c1=O)NC1CCSc2ccccc21.